The Kier molecular flexibility index (Phi) is 17.5. The molecule has 43 heavy (non-hydrogen) atoms. The zero-order chi connectivity index (χ0) is 31.7. The van der Waals surface area contributed by atoms with Gasteiger partial charge in [-0.3, -0.25) is 0 Å². The maximum absolute atomic E-state index is 6.00. The molecule has 3 rings (SSSR count). The molecule has 0 saturated carbocycles. The van der Waals surface area contributed by atoms with E-state index in [1.807, 2.05) is 0 Å². The third-order valence-electron chi connectivity index (χ3n) is 7.92. The van der Waals surface area contributed by atoms with Gasteiger partial charge in [0.25, 0.3) is 0 Å². The van der Waals surface area contributed by atoms with Crippen LogP contribution in [-0.4, -0.2) is 40.7 Å². The maximum Gasteiger partial charge on any atom is 0 e. The number of rotatable bonds is 12. The van der Waals surface area contributed by atoms with Crippen molar-refractivity contribution in [3.8, 4) is 0 Å². The summed E-state index contributed by atoms with van der Waals surface area (Å²) in [5.74, 6) is 0. The molecular formula is C36H54BFeN2P3-. The summed E-state index contributed by atoms with van der Waals surface area (Å²) < 4.78 is 0. The van der Waals surface area contributed by atoms with Gasteiger partial charge in [0.05, 0.1) is 0 Å². The van der Waals surface area contributed by atoms with Crippen LogP contribution >= 0.6 is 23.8 Å². The van der Waals surface area contributed by atoms with Crippen LogP contribution in [0.4, 0.5) is 0 Å². The van der Waals surface area contributed by atoms with E-state index in [0.29, 0.717) is 34.0 Å². The van der Waals surface area contributed by atoms with Crippen LogP contribution < -0.4 is 32.3 Å². The van der Waals surface area contributed by atoms with E-state index < -0.39 is 0 Å². The minimum Gasteiger partial charge on any atom is -0.226 e. The average molecular weight is 674 g/mol. The van der Waals surface area contributed by atoms with E-state index in [-0.39, 0.29) is 47.5 Å². The zero-order valence-corrected chi connectivity index (χ0v) is 32.3. The number of hydrogen-bond donors (Lipinski definition) is 0. The first-order valence-electron chi connectivity index (χ1n) is 15.7. The van der Waals surface area contributed by atoms with E-state index >= 15 is 0 Å². The Morgan fingerprint density at radius 1 is 0.395 bits per heavy atom. The topological polar surface area (TPSA) is 47.6 Å². The van der Waals surface area contributed by atoms with Crippen molar-refractivity contribution in [1.29, 1.82) is 10.8 Å². The molecule has 0 aliphatic rings. The molecular weight excluding hydrogens is 620 g/mol. The Morgan fingerprint density at radius 2 is 0.581 bits per heavy atom. The predicted octanol–water partition coefficient (Wildman–Crippen LogP) is 8.00. The summed E-state index contributed by atoms with van der Waals surface area (Å²) in [6.45, 7) is 29.5. The van der Waals surface area contributed by atoms with Crippen molar-refractivity contribution in [2.75, 3.05) is 0 Å². The zero-order valence-electron chi connectivity index (χ0n) is 28.6. The van der Waals surface area contributed by atoms with Gasteiger partial charge >= 0.3 is 0 Å². The molecule has 3 aromatic carbocycles. The van der Waals surface area contributed by atoms with E-state index in [2.05, 4.69) is 156 Å². The summed E-state index contributed by atoms with van der Waals surface area (Å²) in [6, 6.07) is 28.6. The molecule has 0 saturated heterocycles. The molecule has 0 spiro atoms. The van der Waals surface area contributed by atoms with Gasteiger partial charge in [0, 0.05) is 27.9 Å². The second kappa shape index (κ2) is 18.8. The van der Waals surface area contributed by atoms with Gasteiger partial charge in [0.15, 0.2) is 0 Å². The van der Waals surface area contributed by atoms with Gasteiger partial charge in [0.1, 0.15) is 0 Å². The monoisotopic (exact) mass is 674 g/mol. The van der Waals surface area contributed by atoms with E-state index in [1.165, 1.54) is 0 Å². The van der Waals surface area contributed by atoms with E-state index in [9.17, 15) is 0 Å². The van der Waals surface area contributed by atoms with Crippen molar-refractivity contribution in [2.45, 2.75) is 117 Å². The number of benzene rings is 3. The van der Waals surface area contributed by atoms with Gasteiger partial charge in [-0.15, -0.1) is 0 Å². The van der Waals surface area contributed by atoms with Crippen molar-refractivity contribution in [3.63, 3.8) is 0 Å². The van der Waals surface area contributed by atoms with Crippen LogP contribution in [0, 0.1) is 10.8 Å². The third-order valence-corrected chi connectivity index (χ3v) is 17.5. The quantitative estimate of drug-likeness (QED) is 0.111. The molecule has 0 amide bonds. The van der Waals surface area contributed by atoms with Crippen LogP contribution in [0.1, 0.15) is 83.1 Å². The second-order valence-corrected chi connectivity index (χ2v) is 23.0. The summed E-state index contributed by atoms with van der Waals surface area (Å²) in [7, 11) is -0.891. The van der Waals surface area contributed by atoms with E-state index in [0.717, 1.165) is 0 Å². The molecule has 0 atom stereocenters. The molecule has 0 unspecified atom stereocenters. The largest absolute Gasteiger partial charge is 0.226 e. The Hall–Kier alpha value is -1.05. The number of hydrogen-bond acceptors (Lipinski definition) is 2. The average Bonchev–Trinajstić information content (AvgIpc) is 2.91. The van der Waals surface area contributed by atoms with Crippen LogP contribution in [0.5, 0.6) is 0 Å². The van der Waals surface area contributed by atoms with Gasteiger partial charge < -0.3 is 0 Å². The van der Waals surface area contributed by atoms with Crippen LogP contribution in [0.2, 0.25) is 0 Å². The van der Waals surface area contributed by atoms with Gasteiger partial charge in [-0.2, -0.15) is 0 Å². The molecule has 235 valence electrons. The number of nitrogens with zero attached hydrogens (tertiary/aromatic N) is 2. The minimum absolute atomic E-state index is 0. The van der Waals surface area contributed by atoms with Gasteiger partial charge in [-0.05, 0) is 40.7 Å². The summed E-state index contributed by atoms with van der Waals surface area (Å²) in [4.78, 5) is 0. The summed E-state index contributed by atoms with van der Waals surface area (Å²) in [5, 5.41) is 16.8. The van der Waals surface area contributed by atoms with Crippen molar-refractivity contribution in [2.24, 2.45) is 0 Å². The second-order valence-electron chi connectivity index (χ2n) is 12.9. The molecule has 0 fully saturated rings. The summed E-state index contributed by atoms with van der Waals surface area (Å²) in [6.07, 6.45) is 0. The summed E-state index contributed by atoms with van der Waals surface area (Å²) >= 11 is 0. The van der Waals surface area contributed by atoms with Crippen LogP contribution in [0.25, 0.3) is 0 Å². The van der Waals surface area contributed by atoms with Crippen molar-refractivity contribution in [3.05, 3.63) is 72.8 Å². The fraction of sp³-hybridized carbons (Fsp3) is 0.500. The Labute approximate surface area is 279 Å². The molecule has 0 aliphatic carbocycles. The maximum atomic E-state index is 6.00. The normalized spacial score (nSPS) is 11.9. The molecule has 1 radical (unpaired) electrons. The molecule has 3 aromatic rings. The summed E-state index contributed by atoms with van der Waals surface area (Å²) in [5.41, 5.74) is 8.51. The Balaban J connectivity index is 0.00000302. The van der Waals surface area contributed by atoms with Gasteiger partial charge in [-0.25, -0.2) is 16.4 Å². The predicted molar refractivity (Wildman–Crippen MR) is 198 cm³/mol. The SMILES string of the molecule is CC(C)P(c1ccccc1[B-](c1ccccc1P(C(C)C)C(C)C)c1ccccc1P(C(C)C)C(C)C)C(C)C.N#N.[Fe]. The standard InChI is InChI=1S/C36H54BP3.Fe.N2/c1-25(2)38(26(3)4)34-22-16-13-19-31(34)37(32-20-14-17-23-35(32)39(27(5)6)28(7)8)33-21-15-18-24-36(33)40(29(9)10)30(11)12;;1-2/h13-30H,1-12H3;;/q-1;;. The molecule has 0 N–H and O–H groups in total. The van der Waals surface area contributed by atoms with Gasteiger partial charge in [0.2, 0.25) is 0 Å². The third kappa shape index (κ3) is 9.72. The van der Waals surface area contributed by atoms with Crippen molar-refractivity contribution < 1.29 is 17.1 Å². The molecule has 2 nitrogen and oxygen atoms in total. The molecule has 0 heterocycles. The fourth-order valence-corrected chi connectivity index (χ4v) is 16.1. The fourth-order valence-electron chi connectivity index (χ4n) is 6.86. The van der Waals surface area contributed by atoms with Gasteiger partial charge in [-0.1, -0.05) is 196 Å². The molecule has 0 bridgehead atoms. The van der Waals surface area contributed by atoms with Crippen molar-refractivity contribution >= 4 is 62.8 Å². The van der Waals surface area contributed by atoms with Crippen LogP contribution in [0.3, 0.4) is 0 Å². The van der Waals surface area contributed by atoms with Crippen LogP contribution in [0.15, 0.2) is 72.8 Å². The first kappa shape index (κ1) is 40.0. The first-order valence-corrected chi connectivity index (χ1v) is 20.1. The van der Waals surface area contributed by atoms with Crippen molar-refractivity contribution in [1.82, 2.24) is 0 Å². The Bertz CT molecular complexity index is 1100. The smallest absolute Gasteiger partial charge is 0 e. The molecule has 0 aliphatic heterocycles. The van der Waals surface area contributed by atoms with E-state index in [4.69, 9.17) is 10.8 Å². The van der Waals surface area contributed by atoms with E-state index in [1.54, 1.807) is 32.3 Å². The molecule has 7 heteroatoms. The molecule has 0 aromatic heterocycles. The Morgan fingerprint density at radius 3 is 0.767 bits per heavy atom. The van der Waals surface area contributed by atoms with Crippen LogP contribution in [-0.2, 0) is 17.1 Å². The first-order chi connectivity index (χ1) is 19.9. The minimum atomic E-state index is -0.297.